The smallest absolute Gasteiger partial charge is 0.137 e. The largest absolute Gasteiger partial charge is 0.456 e. The maximum atomic E-state index is 6.91. The van der Waals surface area contributed by atoms with Gasteiger partial charge in [0.15, 0.2) is 0 Å². The molecule has 0 aliphatic carbocycles. The fourth-order valence-corrected chi connectivity index (χ4v) is 9.62. The van der Waals surface area contributed by atoms with Crippen LogP contribution >= 0.6 is 0 Å². The number of aromatic nitrogens is 1. The molecule has 12 rings (SSSR count). The average molecular weight is 793 g/mol. The van der Waals surface area contributed by atoms with E-state index in [1.54, 1.807) is 0 Å². The van der Waals surface area contributed by atoms with E-state index in [9.17, 15) is 0 Å². The third-order valence-electron chi connectivity index (χ3n) is 12.4. The maximum absolute atomic E-state index is 6.91. The second kappa shape index (κ2) is 14.8. The fourth-order valence-electron chi connectivity index (χ4n) is 9.62. The minimum Gasteiger partial charge on any atom is -0.456 e. The van der Waals surface area contributed by atoms with Crippen molar-refractivity contribution in [3.8, 4) is 27.9 Å². The standard InChI is InChI=1S/C59H40N2O/c1-4-15-40(16-5-1)41-27-29-42(30-28-41)43-31-34-49(35-32-43)60(47-19-6-2-7-20-47)50-38-46(58-56(39-50)62-55-36-33-44-17-10-11-23-51(44)59(55)58)37-45-18-14-26-54-57(45)52-24-12-13-25-53(52)61(54)48-21-8-3-9-22-48/h1-36,38-39H,37H2. The van der Waals surface area contributed by atoms with Crippen molar-refractivity contribution in [3.63, 3.8) is 0 Å². The molecule has 3 heteroatoms. The number of fused-ring (bicyclic) bond motifs is 8. The van der Waals surface area contributed by atoms with Crippen LogP contribution in [0.1, 0.15) is 11.1 Å². The van der Waals surface area contributed by atoms with Gasteiger partial charge in [-0.2, -0.15) is 0 Å². The van der Waals surface area contributed by atoms with E-state index in [0.717, 1.165) is 44.7 Å². The summed E-state index contributed by atoms with van der Waals surface area (Å²) < 4.78 is 9.31. The highest BCUT2D eigenvalue weighted by Crippen LogP contribution is 2.44. The topological polar surface area (TPSA) is 21.3 Å². The molecule has 0 N–H and O–H groups in total. The third kappa shape index (κ3) is 6.05. The SMILES string of the molecule is c1ccc(-c2ccc(-c3ccc(N(c4ccccc4)c4cc(Cc5cccc6c5c5ccccc5n6-c5ccccc5)c5c(c4)oc4ccc6ccccc6c45)cc3)cc2)cc1. The van der Waals surface area contributed by atoms with Crippen molar-refractivity contribution in [2.24, 2.45) is 0 Å². The van der Waals surface area contributed by atoms with Crippen molar-refractivity contribution >= 4 is 71.6 Å². The van der Waals surface area contributed by atoms with Crippen LogP contribution in [-0.4, -0.2) is 4.57 Å². The molecule has 10 aromatic carbocycles. The first-order valence-corrected chi connectivity index (χ1v) is 21.3. The molecule has 0 radical (unpaired) electrons. The molecule has 292 valence electrons. The van der Waals surface area contributed by atoms with Gasteiger partial charge in [0.05, 0.1) is 16.7 Å². The Bertz CT molecular complexity index is 3570. The van der Waals surface area contributed by atoms with Crippen molar-refractivity contribution in [2.45, 2.75) is 6.42 Å². The Balaban J connectivity index is 1.04. The highest BCUT2D eigenvalue weighted by molar-refractivity contribution is 6.20. The zero-order valence-corrected chi connectivity index (χ0v) is 33.9. The highest BCUT2D eigenvalue weighted by Gasteiger charge is 2.22. The predicted molar refractivity (Wildman–Crippen MR) is 260 cm³/mol. The van der Waals surface area contributed by atoms with Crippen LogP contribution in [0.3, 0.4) is 0 Å². The summed E-state index contributed by atoms with van der Waals surface area (Å²) in [7, 11) is 0. The van der Waals surface area contributed by atoms with Gasteiger partial charge in [0.2, 0.25) is 0 Å². The van der Waals surface area contributed by atoms with Gasteiger partial charge in [-0.05, 0) is 111 Å². The Morgan fingerprint density at radius 2 is 0.935 bits per heavy atom. The van der Waals surface area contributed by atoms with E-state index in [1.165, 1.54) is 66.0 Å². The predicted octanol–water partition coefficient (Wildman–Crippen LogP) is 16.2. The molecule has 0 amide bonds. The van der Waals surface area contributed by atoms with Crippen LogP contribution in [0, 0.1) is 0 Å². The molecule has 2 heterocycles. The van der Waals surface area contributed by atoms with Crippen molar-refractivity contribution < 1.29 is 4.42 Å². The summed E-state index contributed by atoms with van der Waals surface area (Å²) in [6, 6.07) is 82.9. The van der Waals surface area contributed by atoms with Crippen molar-refractivity contribution in [1.82, 2.24) is 4.57 Å². The van der Waals surface area contributed by atoms with E-state index < -0.39 is 0 Å². The van der Waals surface area contributed by atoms with Crippen LogP contribution in [0.25, 0.3) is 82.5 Å². The monoisotopic (exact) mass is 792 g/mol. The lowest BCUT2D eigenvalue weighted by Crippen LogP contribution is -2.10. The Kier molecular flexibility index (Phi) is 8.57. The second-order valence-electron chi connectivity index (χ2n) is 16.1. The maximum Gasteiger partial charge on any atom is 0.137 e. The number of benzene rings is 10. The number of hydrogen-bond donors (Lipinski definition) is 0. The van der Waals surface area contributed by atoms with Crippen LogP contribution < -0.4 is 4.90 Å². The molecule has 0 aliphatic heterocycles. The van der Waals surface area contributed by atoms with Crippen LogP contribution in [0.2, 0.25) is 0 Å². The van der Waals surface area contributed by atoms with Crippen molar-refractivity contribution in [2.75, 3.05) is 4.90 Å². The van der Waals surface area contributed by atoms with Crippen LogP contribution in [0.4, 0.5) is 17.1 Å². The van der Waals surface area contributed by atoms with Gasteiger partial charge in [0.1, 0.15) is 11.2 Å². The lowest BCUT2D eigenvalue weighted by Gasteiger charge is -2.26. The molecule has 0 bridgehead atoms. The number of nitrogens with zero attached hydrogens (tertiary/aromatic N) is 2. The first kappa shape index (κ1) is 35.8. The molecule has 3 nitrogen and oxygen atoms in total. The number of anilines is 3. The summed E-state index contributed by atoms with van der Waals surface area (Å²) in [5.41, 5.74) is 15.8. The minimum atomic E-state index is 0.711. The molecule has 0 aliphatic rings. The van der Waals surface area contributed by atoms with Gasteiger partial charge < -0.3 is 13.9 Å². The van der Waals surface area contributed by atoms with E-state index in [1.807, 2.05) is 0 Å². The van der Waals surface area contributed by atoms with Gasteiger partial charge in [0.25, 0.3) is 0 Å². The number of rotatable bonds is 8. The van der Waals surface area contributed by atoms with Gasteiger partial charge in [-0.15, -0.1) is 0 Å². The Hall–Kier alpha value is -8.14. The van der Waals surface area contributed by atoms with E-state index in [2.05, 4.69) is 240 Å². The molecule has 0 atom stereocenters. The van der Waals surface area contributed by atoms with Crippen molar-refractivity contribution in [3.05, 3.63) is 242 Å². The second-order valence-corrected chi connectivity index (χ2v) is 16.1. The summed E-state index contributed by atoms with van der Waals surface area (Å²) in [6.07, 6.45) is 0.711. The fraction of sp³-hybridized carbons (Fsp3) is 0.0169. The van der Waals surface area contributed by atoms with Crippen molar-refractivity contribution in [1.29, 1.82) is 0 Å². The van der Waals surface area contributed by atoms with Gasteiger partial charge in [-0.3, -0.25) is 0 Å². The Morgan fingerprint density at radius 3 is 1.68 bits per heavy atom. The number of para-hydroxylation sites is 3. The zero-order valence-electron chi connectivity index (χ0n) is 33.9. The molecule has 2 aromatic heterocycles. The summed E-state index contributed by atoms with van der Waals surface area (Å²) >= 11 is 0. The lowest BCUT2D eigenvalue weighted by atomic mass is 9.94. The van der Waals surface area contributed by atoms with Gasteiger partial charge in [-0.25, -0.2) is 0 Å². The molecule has 0 spiro atoms. The Morgan fingerprint density at radius 1 is 0.355 bits per heavy atom. The first-order valence-electron chi connectivity index (χ1n) is 21.3. The first-order chi connectivity index (χ1) is 30.7. The minimum absolute atomic E-state index is 0.711. The molecule has 62 heavy (non-hydrogen) atoms. The normalized spacial score (nSPS) is 11.6. The van der Waals surface area contributed by atoms with E-state index in [4.69, 9.17) is 4.42 Å². The number of hydrogen-bond acceptors (Lipinski definition) is 2. The number of furan rings is 1. The summed E-state index contributed by atoms with van der Waals surface area (Å²) in [4.78, 5) is 2.36. The van der Waals surface area contributed by atoms with Gasteiger partial charge in [0, 0.05) is 44.7 Å². The molecule has 0 saturated heterocycles. The van der Waals surface area contributed by atoms with Gasteiger partial charge in [-0.1, -0.05) is 164 Å². The zero-order chi connectivity index (χ0) is 41.0. The van der Waals surface area contributed by atoms with Gasteiger partial charge >= 0.3 is 0 Å². The summed E-state index contributed by atoms with van der Waals surface area (Å²) in [5.74, 6) is 0. The summed E-state index contributed by atoms with van der Waals surface area (Å²) in [6.45, 7) is 0. The van der Waals surface area contributed by atoms with Crippen LogP contribution in [-0.2, 0) is 6.42 Å². The van der Waals surface area contributed by atoms with E-state index in [-0.39, 0.29) is 0 Å². The van der Waals surface area contributed by atoms with E-state index in [0.29, 0.717) is 6.42 Å². The molecular weight excluding hydrogens is 753 g/mol. The quantitative estimate of drug-likeness (QED) is 0.153. The van der Waals surface area contributed by atoms with Crippen LogP contribution in [0.15, 0.2) is 235 Å². The third-order valence-corrected chi connectivity index (χ3v) is 12.4. The molecular formula is C59H40N2O. The molecule has 0 fully saturated rings. The average Bonchev–Trinajstić information content (AvgIpc) is 3.90. The molecule has 0 saturated carbocycles. The highest BCUT2D eigenvalue weighted by atomic mass is 16.3. The van der Waals surface area contributed by atoms with E-state index >= 15 is 0 Å². The van der Waals surface area contributed by atoms with Crippen LogP contribution in [0.5, 0.6) is 0 Å². The summed E-state index contributed by atoms with van der Waals surface area (Å²) in [5, 5.41) is 7.24. The molecule has 0 unspecified atom stereocenters. The molecule has 12 aromatic rings. The Labute approximate surface area is 360 Å². The lowest BCUT2D eigenvalue weighted by molar-refractivity contribution is 0.669.